The van der Waals surface area contributed by atoms with Gasteiger partial charge in [0.05, 0.1) is 17.3 Å². The molecule has 1 aliphatic rings. The Labute approximate surface area is 193 Å². The van der Waals surface area contributed by atoms with E-state index < -0.39 is 0 Å². The summed E-state index contributed by atoms with van der Waals surface area (Å²) in [5.74, 6) is 0.982. The molecule has 0 amide bonds. The minimum atomic E-state index is -0.339. The minimum Gasteiger partial charge on any atom is -0.400 e. The number of halogens is 2. The number of benzene rings is 1. The molecule has 0 saturated carbocycles. The van der Waals surface area contributed by atoms with Gasteiger partial charge in [0.2, 0.25) is 0 Å². The van der Waals surface area contributed by atoms with Crippen LogP contribution in [-0.4, -0.2) is 35.1 Å². The van der Waals surface area contributed by atoms with Gasteiger partial charge in [-0.25, -0.2) is 4.39 Å². The fourth-order valence-corrected chi connectivity index (χ4v) is 3.95. The van der Waals surface area contributed by atoms with Crippen LogP contribution in [0.15, 0.2) is 52.1 Å². The van der Waals surface area contributed by atoms with Crippen molar-refractivity contribution in [2.75, 3.05) is 12.9 Å². The van der Waals surface area contributed by atoms with E-state index in [2.05, 4.69) is 23.5 Å². The number of hydrogen-bond acceptors (Lipinski definition) is 6. The van der Waals surface area contributed by atoms with Gasteiger partial charge in [-0.05, 0) is 36.5 Å². The summed E-state index contributed by atoms with van der Waals surface area (Å²) in [5, 5.41) is 7.83. The number of ketones is 1. The maximum Gasteiger partial charge on any atom is 0.178 e. The van der Waals surface area contributed by atoms with Gasteiger partial charge in [0.25, 0.3) is 0 Å². The first-order valence-electron chi connectivity index (χ1n) is 10.1. The molecule has 0 aliphatic carbocycles. The summed E-state index contributed by atoms with van der Waals surface area (Å²) >= 11 is 7.28. The fourth-order valence-electron chi connectivity index (χ4n) is 3.07. The van der Waals surface area contributed by atoms with Gasteiger partial charge in [-0.2, -0.15) is 0 Å². The van der Waals surface area contributed by atoms with E-state index >= 15 is 0 Å². The van der Waals surface area contributed by atoms with Crippen LogP contribution in [0.25, 0.3) is 0 Å². The zero-order chi connectivity index (χ0) is 23.2. The lowest BCUT2D eigenvalue weighted by atomic mass is 9.96. The molecule has 2 rings (SSSR count). The van der Waals surface area contributed by atoms with Gasteiger partial charge < -0.3 is 10.8 Å². The molecule has 0 spiro atoms. The van der Waals surface area contributed by atoms with Gasteiger partial charge in [0.15, 0.2) is 11.0 Å². The van der Waals surface area contributed by atoms with Crippen molar-refractivity contribution in [3.05, 3.63) is 59.0 Å². The maximum absolute atomic E-state index is 14.6. The van der Waals surface area contributed by atoms with Crippen molar-refractivity contribution in [2.45, 2.75) is 45.1 Å². The molecule has 0 bridgehead atoms. The van der Waals surface area contributed by atoms with Crippen molar-refractivity contribution in [1.82, 2.24) is 0 Å². The lowest BCUT2D eigenvalue weighted by Crippen LogP contribution is -2.15. The molecular weight excluding hydrogens is 437 g/mol. The summed E-state index contributed by atoms with van der Waals surface area (Å²) in [7, 11) is 1.00. The van der Waals surface area contributed by atoms with E-state index in [9.17, 15) is 9.18 Å². The predicted molar refractivity (Wildman–Crippen MR) is 130 cm³/mol. The number of allylic oxidation sites excluding steroid dienone is 2. The highest BCUT2D eigenvalue weighted by molar-refractivity contribution is 8.13. The molecule has 1 aliphatic heterocycles. The second-order valence-electron chi connectivity index (χ2n) is 7.18. The van der Waals surface area contributed by atoms with E-state index in [1.54, 1.807) is 12.1 Å². The summed E-state index contributed by atoms with van der Waals surface area (Å²) in [6.45, 7) is 5.72. The first-order valence-corrected chi connectivity index (χ1v) is 11.5. The monoisotopic (exact) mass is 467 g/mol. The van der Waals surface area contributed by atoms with Crippen LogP contribution in [0.2, 0.25) is 0 Å². The lowest BCUT2D eigenvalue weighted by molar-refractivity contribution is -0.112. The lowest BCUT2D eigenvalue weighted by Gasteiger charge is -2.19. The molecular formula is C23H31ClFN3O2S. The molecule has 1 heterocycles. The Hall–Kier alpha value is -1.96. The summed E-state index contributed by atoms with van der Waals surface area (Å²) in [6, 6.07) is 4.38. The second-order valence-corrected chi connectivity index (χ2v) is 8.66. The van der Waals surface area contributed by atoms with E-state index in [1.165, 1.54) is 36.3 Å². The van der Waals surface area contributed by atoms with Crippen molar-refractivity contribution in [3.8, 4) is 0 Å². The molecule has 0 aromatic heterocycles. The van der Waals surface area contributed by atoms with Crippen molar-refractivity contribution in [1.29, 1.82) is 0 Å². The number of carbonyl (C=O) groups is 1. The molecule has 5 nitrogen and oxygen atoms in total. The third-order valence-corrected chi connectivity index (χ3v) is 6.02. The zero-order valence-electron chi connectivity index (χ0n) is 18.1. The van der Waals surface area contributed by atoms with E-state index in [0.717, 1.165) is 38.5 Å². The van der Waals surface area contributed by atoms with Gasteiger partial charge in [-0.15, -0.1) is 0 Å². The number of amidine groups is 1. The van der Waals surface area contributed by atoms with Gasteiger partial charge in [0, 0.05) is 31.0 Å². The molecule has 170 valence electrons. The summed E-state index contributed by atoms with van der Waals surface area (Å²) < 4.78 is 14.6. The Morgan fingerprint density at radius 3 is 2.84 bits per heavy atom. The molecule has 3 N–H and O–H groups in total. The average Bonchev–Trinajstić information content (AvgIpc) is 2.76. The number of nitrogens with zero attached hydrogens (tertiary/aromatic N) is 2. The molecule has 0 fully saturated rings. The van der Waals surface area contributed by atoms with Crippen LogP contribution >= 0.6 is 23.4 Å². The Morgan fingerprint density at radius 1 is 1.42 bits per heavy atom. The van der Waals surface area contributed by atoms with Crippen molar-refractivity contribution < 1.29 is 14.3 Å². The predicted octanol–water partition coefficient (Wildman–Crippen LogP) is 5.18. The van der Waals surface area contributed by atoms with Crippen LogP contribution in [0.5, 0.6) is 0 Å². The molecule has 8 heteroatoms. The normalized spacial score (nSPS) is 20.4. The van der Waals surface area contributed by atoms with Crippen LogP contribution in [0.4, 0.5) is 4.39 Å². The van der Waals surface area contributed by atoms with Crippen molar-refractivity contribution in [3.63, 3.8) is 0 Å². The van der Waals surface area contributed by atoms with Crippen LogP contribution in [-0.2, 0) is 11.2 Å². The molecule has 0 radical (unpaired) electrons. The Kier molecular flexibility index (Phi) is 13.1. The molecule has 1 aromatic carbocycles. The highest BCUT2D eigenvalue weighted by atomic mass is 35.5. The number of thioether (sulfide) groups is 1. The van der Waals surface area contributed by atoms with Crippen molar-refractivity contribution in [2.24, 2.45) is 21.6 Å². The summed E-state index contributed by atoms with van der Waals surface area (Å²) in [4.78, 5) is 20.6. The number of hydrogen-bond donors (Lipinski definition) is 2. The quantitative estimate of drug-likeness (QED) is 0.445. The summed E-state index contributed by atoms with van der Waals surface area (Å²) in [5.41, 5.74) is 7.27. The topological polar surface area (TPSA) is 88.0 Å². The smallest absolute Gasteiger partial charge is 0.178 e. The number of aliphatic hydroxyl groups excluding tert-OH is 1. The van der Waals surface area contributed by atoms with Gasteiger partial charge in [-0.3, -0.25) is 14.8 Å². The van der Waals surface area contributed by atoms with Gasteiger partial charge >= 0.3 is 0 Å². The number of nitrogens with two attached hydrogens (primary N) is 1. The second kappa shape index (κ2) is 14.9. The standard InChI is InChI=1S/C22H27ClFN3OS.CH4O/c1-3-17(23)12-26-13-18(28)10-16-8-9-20(24)19(11-16)21-7-5-4-6-15(2)14-29-22(25)27-21;1-2/h3,8-9,11-13,15,21H,1,4-7,10,14H2,2H3,(H2,25,27);2H,1H3/b17-12+,26-13?;/t15-,21-;/m1./s1. The third-order valence-electron chi connectivity index (χ3n) is 4.63. The van der Waals surface area contributed by atoms with Gasteiger partial charge in [0.1, 0.15) is 5.82 Å². The number of aliphatic imine (C=N–C) groups is 2. The number of rotatable bonds is 6. The third kappa shape index (κ3) is 10.3. The molecule has 0 saturated heterocycles. The van der Waals surface area contributed by atoms with E-state index in [1.807, 2.05) is 0 Å². The fraction of sp³-hybridized carbons (Fsp3) is 0.435. The highest BCUT2D eigenvalue weighted by Crippen LogP contribution is 2.30. The van der Waals surface area contributed by atoms with E-state index in [-0.39, 0.29) is 24.1 Å². The number of aliphatic hydroxyl groups is 1. The van der Waals surface area contributed by atoms with E-state index in [4.69, 9.17) is 22.4 Å². The Morgan fingerprint density at radius 2 is 2.13 bits per heavy atom. The first-order chi connectivity index (χ1) is 14.9. The zero-order valence-corrected chi connectivity index (χ0v) is 19.6. The maximum atomic E-state index is 14.6. The minimum absolute atomic E-state index is 0.120. The largest absolute Gasteiger partial charge is 0.400 e. The SMILES string of the molecule is C=C/C(Cl)=C\N=CC(=O)Cc1ccc(F)c([C@H]2CCCC[C@@H](C)CSC(N)=N2)c1.CO. The van der Waals surface area contributed by atoms with E-state index in [0.29, 0.717) is 27.2 Å². The molecule has 0 unspecified atom stereocenters. The van der Waals surface area contributed by atoms with Crippen molar-refractivity contribution >= 4 is 40.5 Å². The molecule has 2 atom stereocenters. The molecule has 31 heavy (non-hydrogen) atoms. The van der Waals surface area contributed by atoms with Crippen LogP contribution in [0.1, 0.15) is 49.8 Å². The highest BCUT2D eigenvalue weighted by Gasteiger charge is 2.18. The first kappa shape index (κ1) is 27.1. The number of Topliss-reactive ketones (excluding diaryl/α,β-unsaturated/α-hetero) is 1. The molecule has 1 aromatic rings. The van der Waals surface area contributed by atoms with Crippen LogP contribution in [0, 0.1) is 11.7 Å². The summed E-state index contributed by atoms with van der Waals surface area (Å²) in [6.07, 6.45) is 8.01. The Bertz CT molecular complexity index is 827. The Balaban J connectivity index is 0.00000233. The van der Waals surface area contributed by atoms with Crippen LogP contribution < -0.4 is 5.73 Å². The average molecular weight is 468 g/mol. The number of carbonyl (C=O) groups excluding carboxylic acids is 1. The van der Waals surface area contributed by atoms with Gasteiger partial charge in [-0.1, -0.05) is 61.8 Å². The van der Waals surface area contributed by atoms with Crippen LogP contribution in [0.3, 0.4) is 0 Å².